The predicted molar refractivity (Wildman–Crippen MR) is 76.1 cm³/mol. The number of rotatable bonds is 1. The summed E-state index contributed by atoms with van der Waals surface area (Å²) in [5.41, 5.74) is 0.531. The van der Waals surface area contributed by atoms with Crippen LogP contribution < -0.4 is 4.74 Å². The zero-order chi connectivity index (χ0) is 13.6. The molecule has 100 valence electrons. The molecule has 3 rings (SSSR count). The van der Waals surface area contributed by atoms with Gasteiger partial charge in [-0.15, -0.1) is 11.3 Å². The summed E-state index contributed by atoms with van der Waals surface area (Å²) in [6.07, 6.45) is -0.420. The molecular weight excluding hydrogens is 331 g/mol. The van der Waals surface area contributed by atoms with Crippen LogP contribution in [0.5, 0.6) is 5.75 Å². The average Bonchev–Trinajstić information content (AvgIpc) is 2.70. The molecule has 0 radical (unpaired) electrons. The standard InChI is InChI=1S/C14H12BrFO2S/c1-7-10(15)5-14(19-7)13-6-11(17)9-4-8(16)2-3-12(9)18-13/h2-5,11,13,17H,6H2,1H3. The van der Waals surface area contributed by atoms with Gasteiger partial charge in [0.2, 0.25) is 0 Å². The van der Waals surface area contributed by atoms with Gasteiger partial charge in [0.1, 0.15) is 17.7 Å². The third-order valence-corrected chi connectivity index (χ3v) is 5.46. The van der Waals surface area contributed by atoms with Gasteiger partial charge < -0.3 is 9.84 Å². The molecule has 1 aliphatic heterocycles. The van der Waals surface area contributed by atoms with E-state index in [0.29, 0.717) is 17.7 Å². The first kappa shape index (κ1) is 13.1. The van der Waals surface area contributed by atoms with Crippen LogP contribution in [0.15, 0.2) is 28.7 Å². The van der Waals surface area contributed by atoms with E-state index >= 15 is 0 Å². The molecular formula is C14H12BrFO2S. The van der Waals surface area contributed by atoms with Crippen molar-refractivity contribution in [3.63, 3.8) is 0 Å². The van der Waals surface area contributed by atoms with Crippen LogP contribution in [0.3, 0.4) is 0 Å². The number of ether oxygens (including phenoxy) is 1. The number of benzene rings is 1. The Morgan fingerprint density at radius 1 is 1.42 bits per heavy atom. The molecule has 19 heavy (non-hydrogen) atoms. The van der Waals surface area contributed by atoms with Crippen LogP contribution in [0, 0.1) is 12.7 Å². The van der Waals surface area contributed by atoms with E-state index in [9.17, 15) is 9.50 Å². The maximum absolute atomic E-state index is 13.2. The predicted octanol–water partition coefficient (Wildman–Crippen LogP) is 4.52. The molecule has 2 heterocycles. The quantitative estimate of drug-likeness (QED) is 0.825. The van der Waals surface area contributed by atoms with Gasteiger partial charge in [-0.05, 0) is 47.1 Å². The lowest BCUT2D eigenvalue weighted by atomic mass is 9.98. The molecule has 2 atom stereocenters. The molecule has 0 saturated carbocycles. The van der Waals surface area contributed by atoms with E-state index in [1.807, 2.05) is 13.0 Å². The fourth-order valence-corrected chi connectivity index (χ4v) is 3.84. The van der Waals surface area contributed by atoms with Crippen molar-refractivity contribution in [1.29, 1.82) is 0 Å². The first-order valence-corrected chi connectivity index (χ1v) is 7.55. The SMILES string of the molecule is Cc1sc(C2CC(O)c3cc(F)ccc3O2)cc1Br. The minimum absolute atomic E-state index is 0.178. The Hall–Kier alpha value is -0.910. The van der Waals surface area contributed by atoms with Crippen LogP contribution >= 0.6 is 27.3 Å². The number of hydrogen-bond acceptors (Lipinski definition) is 3. The summed E-state index contributed by atoms with van der Waals surface area (Å²) in [4.78, 5) is 2.25. The Morgan fingerprint density at radius 3 is 2.89 bits per heavy atom. The van der Waals surface area contributed by atoms with Gasteiger partial charge in [-0.25, -0.2) is 4.39 Å². The molecule has 2 nitrogen and oxygen atoms in total. The van der Waals surface area contributed by atoms with Gasteiger partial charge in [0.25, 0.3) is 0 Å². The van der Waals surface area contributed by atoms with Gasteiger partial charge in [-0.2, -0.15) is 0 Å². The van der Waals surface area contributed by atoms with Crippen LogP contribution in [0.4, 0.5) is 4.39 Å². The second-order valence-corrected chi connectivity index (χ2v) is 6.74. The van der Waals surface area contributed by atoms with Gasteiger partial charge in [-0.3, -0.25) is 0 Å². The Bertz CT molecular complexity index is 606. The number of aliphatic hydroxyl groups excluding tert-OH is 1. The highest BCUT2D eigenvalue weighted by Crippen LogP contribution is 2.43. The van der Waals surface area contributed by atoms with E-state index in [2.05, 4.69) is 15.9 Å². The summed E-state index contributed by atoms with van der Waals surface area (Å²) in [6.45, 7) is 2.03. The number of fused-ring (bicyclic) bond motifs is 1. The minimum atomic E-state index is -0.689. The van der Waals surface area contributed by atoms with E-state index in [4.69, 9.17) is 4.74 Å². The van der Waals surface area contributed by atoms with E-state index in [1.54, 1.807) is 17.4 Å². The molecule has 1 N–H and O–H groups in total. The maximum atomic E-state index is 13.2. The van der Waals surface area contributed by atoms with Crippen molar-refractivity contribution in [3.8, 4) is 5.75 Å². The second kappa shape index (κ2) is 4.89. The minimum Gasteiger partial charge on any atom is -0.484 e. The summed E-state index contributed by atoms with van der Waals surface area (Å²) in [5.74, 6) is 0.210. The molecule has 2 unspecified atom stereocenters. The van der Waals surface area contributed by atoms with Crippen LogP contribution in [0.1, 0.15) is 33.9 Å². The summed E-state index contributed by atoms with van der Waals surface area (Å²) < 4.78 is 20.1. The summed E-state index contributed by atoms with van der Waals surface area (Å²) in [5, 5.41) is 10.1. The second-order valence-electron chi connectivity index (χ2n) is 4.59. The average molecular weight is 343 g/mol. The fourth-order valence-electron chi connectivity index (χ4n) is 2.23. The molecule has 0 bridgehead atoms. The Labute approximate surface area is 123 Å². The summed E-state index contributed by atoms with van der Waals surface area (Å²) in [7, 11) is 0. The van der Waals surface area contributed by atoms with Crippen molar-refractivity contribution in [3.05, 3.63) is 49.9 Å². The van der Waals surface area contributed by atoms with Crippen LogP contribution in [-0.2, 0) is 0 Å². The van der Waals surface area contributed by atoms with E-state index < -0.39 is 6.10 Å². The normalized spacial score (nSPS) is 21.9. The number of aryl methyl sites for hydroxylation is 1. The van der Waals surface area contributed by atoms with Gasteiger partial charge in [-0.1, -0.05) is 0 Å². The molecule has 0 spiro atoms. The Kier molecular flexibility index (Phi) is 3.37. The monoisotopic (exact) mass is 342 g/mol. The number of halogens is 2. The van der Waals surface area contributed by atoms with Crippen LogP contribution in [0.25, 0.3) is 0 Å². The number of thiophene rings is 1. The highest BCUT2D eigenvalue weighted by Gasteiger charge is 2.29. The van der Waals surface area contributed by atoms with Gasteiger partial charge >= 0.3 is 0 Å². The third-order valence-electron chi connectivity index (χ3n) is 3.23. The van der Waals surface area contributed by atoms with E-state index in [-0.39, 0.29) is 11.9 Å². The largest absolute Gasteiger partial charge is 0.484 e. The summed E-state index contributed by atoms with van der Waals surface area (Å²) in [6, 6.07) is 6.29. The Morgan fingerprint density at radius 2 is 2.21 bits per heavy atom. The molecule has 1 aromatic heterocycles. The molecule has 0 saturated heterocycles. The van der Waals surface area contributed by atoms with E-state index in [1.165, 1.54) is 17.0 Å². The van der Waals surface area contributed by atoms with Gasteiger partial charge in [0.05, 0.1) is 6.10 Å². The molecule has 5 heteroatoms. The topological polar surface area (TPSA) is 29.5 Å². The molecule has 0 fully saturated rings. The van der Waals surface area contributed by atoms with Crippen molar-refractivity contribution < 1.29 is 14.2 Å². The number of hydrogen-bond donors (Lipinski definition) is 1. The zero-order valence-corrected chi connectivity index (χ0v) is 12.6. The van der Waals surface area contributed by atoms with Crippen LogP contribution in [-0.4, -0.2) is 5.11 Å². The molecule has 1 aromatic carbocycles. The lowest BCUT2D eigenvalue weighted by Crippen LogP contribution is -2.18. The van der Waals surface area contributed by atoms with Crippen LogP contribution in [0.2, 0.25) is 0 Å². The highest BCUT2D eigenvalue weighted by atomic mass is 79.9. The molecule has 0 aliphatic carbocycles. The Balaban J connectivity index is 1.94. The van der Waals surface area contributed by atoms with Crippen molar-refractivity contribution in [1.82, 2.24) is 0 Å². The molecule has 0 amide bonds. The lowest BCUT2D eigenvalue weighted by molar-refractivity contribution is 0.0670. The van der Waals surface area contributed by atoms with Gasteiger partial charge in [0, 0.05) is 26.2 Å². The maximum Gasteiger partial charge on any atom is 0.136 e. The fraction of sp³-hybridized carbons (Fsp3) is 0.286. The van der Waals surface area contributed by atoms with Crippen molar-refractivity contribution >= 4 is 27.3 Å². The van der Waals surface area contributed by atoms with Crippen molar-refractivity contribution in [2.24, 2.45) is 0 Å². The molecule has 1 aliphatic rings. The number of aliphatic hydroxyl groups is 1. The first-order chi connectivity index (χ1) is 9.04. The molecule has 2 aromatic rings. The smallest absolute Gasteiger partial charge is 0.136 e. The first-order valence-electron chi connectivity index (χ1n) is 5.94. The van der Waals surface area contributed by atoms with Crippen molar-refractivity contribution in [2.45, 2.75) is 25.6 Å². The summed E-state index contributed by atoms with van der Waals surface area (Å²) >= 11 is 5.13. The third kappa shape index (κ3) is 2.42. The van der Waals surface area contributed by atoms with Crippen molar-refractivity contribution in [2.75, 3.05) is 0 Å². The zero-order valence-electron chi connectivity index (χ0n) is 10.2. The van der Waals surface area contributed by atoms with E-state index in [0.717, 1.165) is 9.35 Å². The van der Waals surface area contributed by atoms with Gasteiger partial charge in [0.15, 0.2) is 0 Å². The highest BCUT2D eigenvalue weighted by molar-refractivity contribution is 9.10. The lowest BCUT2D eigenvalue weighted by Gasteiger charge is -2.29.